The van der Waals surface area contributed by atoms with Gasteiger partial charge in [0.25, 0.3) is 0 Å². The lowest BCUT2D eigenvalue weighted by molar-refractivity contribution is -0.118. The molecule has 0 aromatic heterocycles. The Kier molecular flexibility index (Phi) is 6.45. The van der Waals surface area contributed by atoms with E-state index in [1.807, 2.05) is 0 Å². The molecule has 0 aliphatic rings. The molecule has 21 heavy (non-hydrogen) atoms. The summed E-state index contributed by atoms with van der Waals surface area (Å²) in [5.74, 6) is -0.311. The van der Waals surface area contributed by atoms with E-state index in [4.69, 9.17) is 10.5 Å². The Labute approximate surface area is 122 Å². The molecule has 0 aliphatic heterocycles. The summed E-state index contributed by atoms with van der Waals surface area (Å²) in [5.41, 5.74) is 5.54. The quantitative estimate of drug-likeness (QED) is 0.665. The van der Waals surface area contributed by atoms with Crippen LogP contribution in [-0.2, 0) is 4.79 Å². The molecule has 7 heteroatoms. The van der Waals surface area contributed by atoms with Gasteiger partial charge in [-0.1, -0.05) is 0 Å². The van der Waals surface area contributed by atoms with Crippen LogP contribution >= 0.6 is 0 Å². The molecule has 3 amide bonds. The highest BCUT2D eigenvalue weighted by Crippen LogP contribution is 2.25. The number of halogens is 1. The molecule has 1 atom stereocenters. The fourth-order valence-corrected chi connectivity index (χ4v) is 1.83. The third kappa shape index (κ3) is 5.68. The monoisotopic (exact) mass is 297 g/mol. The third-order valence-electron chi connectivity index (χ3n) is 2.89. The average molecular weight is 297 g/mol. The summed E-state index contributed by atoms with van der Waals surface area (Å²) in [4.78, 5) is 22.2. The van der Waals surface area contributed by atoms with Crippen LogP contribution in [0.1, 0.15) is 31.4 Å². The van der Waals surface area contributed by atoms with Crippen molar-refractivity contribution in [1.82, 2.24) is 10.6 Å². The minimum atomic E-state index is -0.424. The molecular weight excluding hydrogens is 277 g/mol. The van der Waals surface area contributed by atoms with Crippen LogP contribution in [0.2, 0.25) is 0 Å². The van der Waals surface area contributed by atoms with Crippen LogP contribution in [0.15, 0.2) is 18.2 Å². The molecule has 6 nitrogen and oxygen atoms in total. The van der Waals surface area contributed by atoms with Gasteiger partial charge < -0.3 is 21.1 Å². The molecule has 0 fully saturated rings. The van der Waals surface area contributed by atoms with Gasteiger partial charge in [0.1, 0.15) is 11.6 Å². The first-order valence-corrected chi connectivity index (χ1v) is 6.60. The van der Waals surface area contributed by atoms with E-state index in [1.54, 1.807) is 6.92 Å². The van der Waals surface area contributed by atoms with Crippen molar-refractivity contribution in [2.45, 2.75) is 25.8 Å². The lowest BCUT2D eigenvalue weighted by Crippen LogP contribution is -2.37. The Morgan fingerprint density at radius 1 is 1.43 bits per heavy atom. The van der Waals surface area contributed by atoms with Crippen LogP contribution < -0.4 is 21.1 Å². The van der Waals surface area contributed by atoms with E-state index >= 15 is 0 Å². The average Bonchev–Trinajstić information content (AvgIpc) is 2.43. The number of hydrogen-bond donors (Lipinski definition) is 3. The first kappa shape index (κ1) is 16.7. The van der Waals surface area contributed by atoms with Crippen LogP contribution in [-0.4, -0.2) is 25.6 Å². The van der Waals surface area contributed by atoms with Crippen LogP contribution in [0.5, 0.6) is 5.75 Å². The maximum Gasteiger partial charge on any atom is 0.315 e. The number of nitrogens with one attached hydrogen (secondary N) is 2. The molecule has 0 unspecified atom stereocenters. The molecule has 0 bridgehead atoms. The van der Waals surface area contributed by atoms with Gasteiger partial charge in [-0.3, -0.25) is 4.79 Å². The molecule has 0 spiro atoms. The van der Waals surface area contributed by atoms with Crippen molar-refractivity contribution in [3.63, 3.8) is 0 Å². The zero-order valence-corrected chi connectivity index (χ0v) is 12.1. The molecule has 1 rings (SSSR count). The van der Waals surface area contributed by atoms with E-state index in [-0.39, 0.29) is 6.42 Å². The number of methoxy groups -OCH3 is 1. The summed E-state index contributed by atoms with van der Waals surface area (Å²) in [5, 5.41) is 5.27. The van der Waals surface area contributed by atoms with Crippen LogP contribution in [0.4, 0.5) is 9.18 Å². The summed E-state index contributed by atoms with van der Waals surface area (Å²) < 4.78 is 18.4. The summed E-state index contributed by atoms with van der Waals surface area (Å²) in [6.07, 6.45) is 0.688. The number of ether oxygens (including phenoxy) is 1. The number of nitrogens with two attached hydrogens (primary N) is 1. The van der Waals surface area contributed by atoms with E-state index in [2.05, 4.69) is 10.6 Å². The minimum absolute atomic E-state index is 0.216. The highest BCUT2D eigenvalue weighted by Gasteiger charge is 2.14. The van der Waals surface area contributed by atoms with Crippen molar-refractivity contribution in [3.8, 4) is 5.75 Å². The SMILES string of the molecule is COc1ccc(F)cc1[C@H](C)NC(=O)NCCCC(N)=O. The molecule has 0 saturated heterocycles. The van der Waals surface area contributed by atoms with Crippen molar-refractivity contribution in [2.24, 2.45) is 5.73 Å². The maximum absolute atomic E-state index is 13.3. The first-order valence-electron chi connectivity index (χ1n) is 6.60. The predicted molar refractivity (Wildman–Crippen MR) is 76.3 cm³/mol. The molecule has 1 aromatic carbocycles. The molecule has 4 N–H and O–H groups in total. The fraction of sp³-hybridized carbons (Fsp3) is 0.429. The normalized spacial score (nSPS) is 11.6. The summed E-state index contributed by atoms with van der Waals surface area (Å²) in [7, 11) is 1.48. The second kappa shape index (κ2) is 8.08. The Morgan fingerprint density at radius 3 is 2.76 bits per heavy atom. The lowest BCUT2D eigenvalue weighted by Gasteiger charge is -2.17. The van der Waals surface area contributed by atoms with Gasteiger partial charge in [0.15, 0.2) is 0 Å². The standard InChI is InChI=1S/C14H20FN3O3/c1-9(11-8-10(15)5-6-12(11)21-2)18-14(20)17-7-3-4-13(16)19/h5-6,8-9H,3-4,7H2,1-2H3,(H2,16,19)(H2,17,18,20)/t9-/m0/s1. The molecule has 116 valence electrons. The number of benzene rings is 1. The number of carbonyl (C=O) groups is 2. The predicted octanol–water partition coefficient (Wildman–Crippen LogP) is 1.46. The highest BCUT2D eigenvalue weighted by molar-refractivity contribution is 5.75. The van der Waals surface area contributed by atoms with Gasteiger partial charge in [-0.15, -0.1) is 0 Å². The van der Waals surface area contributed by atoms with E-state index in [0.717, 1.165) is 0 Å². The number of urea groups is 1. The van der Waals surface area contributed by atoms with Gasteiger partial charge >= 0.3 is 6.03 Å². The number of rotatable bonds is 7. The van der Waals surface area contributed by atoms with Gasteiger partial charge in [0.05, 0.1) is 13.2 Å². The van der Waals surface area contributed by atoms with Crippen molar-refractivity contribution in [2.75, 3.05) is 13.7 Å². The van der Waals surface area contributed by atoms with E-state index in [9.17, 15) is 14.0 Å². The maximum atomic E-state index is 13.3. The van der Waals surface area contributed by atoms with Gasteiger partial charge in [0, 0.05) is 18.5 Å². The van der Waals surface area contributed by atoms with Crippen molar-refractivity contribution in [3.05, 3.63) is 29.6 Å². The van der Waals surface area contributed by atoms with Crippen LogP contribution in [0.25, 0.3) is 0 Å². The van der Waals surface area contributed by atoms with Crippen LogP contribution in [0, 0.1) is 5.82 Å². The lowest BCUT2D eigenvalue weighted by atomic mass is 10.1. The van der Waals surface area contributed by atoms with E-state index in [1.165, 1.54) is 25.3 Å². The van der Waals surface area contributed by atoms with Gasteiger partial charge in [-0.05, 0) is 31.5 Å². The largest absolute Gasteiger partial charge is 0.496 e. The highest BCUT2D eigenvalue weighted by atomic mass is 19.1. The van der Waals surface area contributed by atoms with E-state index in [0.29, 0.717) is 24.3 Å². The second-order valence-corrected chi connectivity index (χ2v) is 4.58. The molecule has 1 aromatic rings. The molecule has 0 aliphatic carbocycles. The van der Waals surface area contributed by atoms with Crippen LogP contribution in [0.3, 0.4) is 0 Å². The number of carbonyl (C=O) groups excluding carboxylic acids is 2. The van der Waals surface area contributed by atoms with Gasteiger partial charge in [-0.25, -0.2) is 9.18 Å². The summed E-state index contributed by atoms with van der Waals surface area (Å²) >= 11 is 0. The smallest absolute Gasteiger partial charge is 0.315 e. The Balaban J connectivity index is 2.52. The Bertz CT molecular complexity index is 508. The zero-order chi connectivity index (χ0) is 15.8. The fourth-order valence-electron chi connectivity index (χ4n) is 1.83. The zero-order valence-electron chi connectivity index (χ0n) is 12.1. The summed E-state index contributed by atoms with van der Waals surface area (Å²) in [6, 6.07) is 3.29. The topological polar surface area (TPSA) is 93.4 Å². The Morgan fingerprint density at radius 2 is 2.14 bits per heavy atom. The number of primary amides is 1. The van der Waals surface area contributed by atoms with Crippen molar-refractivity contribution >= 4 is 11.9 Å². The van der Waals surface area contributed by atoms with E-state index < -0.39 is 23.8 Å². The Hall–Kier alpha value is -2.31. The summed E-state index contributed by atoms with van der Waals surface area (Å²) in [6.45, 7) is 2.06. The molecule has 0 radical (unpaired) electrons. The first-order chi connectivity index (χ1) is 9.93. The van der Waals surface area contributed by atoms with Crippen molar-refractivity contribution in [1.29, 1.82) is 0 Å². The third-order valence-corrected chi connectivity index (χ3v) is 2.89. The number of amides is 3. The van der Waals surface area contributed by atoms with Crippen molar-refractivity contribution < 1.29 is 18.7 Å². The molecular formula is C14H20FN3O3. The second-order valence-electron chi connectivity index (χ2n) is 4.58. The number of hydrogen-bond acceptors (Lipinski definition) is 3. The van der Waals surface area contributed by atoms with Gasteiger partial charge in [0.2, 0.25) is 5.91 Å². The van der Waals surface area contributed by atoms with Gasteiger partial charge in [-0.2, -0.15) is 0 Å². The minimum Gasteiger partial charge on any atom is -0.496 e. The molecule has 0 saturated carbocycles. The molecule has 0 heterocycles.